The normalized spacial score (nSPS) is 19.3. The summed E-state index contributed by atoms with van der Waals surface area (Å²) in [5.74, 6) is 0.521. The van der Waals surface area contributed by atoms with Crippen LogP contribution < -0.4 is 5.73 Å². The average molecular weight is 432 g/mol. The Balaban J connectivity index is 0.00000261. The summed E-state index contributed by atoms with van der Waals surface area (Å²) in [5, 5.41) is 5.70. The highest BCUT2D eigenvalue weighted by Gasteiger charge is 2.32. The Bertz CT molecular complexity index is 837. The van der Waals surface area contributed by atoms with Gasteiger partial charge in [-0.3, -0.25) is 4.79 Å². The molecule has 8 heteroatoms. The highest BCUT2D eigenvalue weighted by atomic mass is 35.5. The van der Waals surface area contributed by atoms with Crippen molar-refractivity contribution < 1.29 is 4.79 Å². The van der Waals surface area contributed by atoms with E-state index in [2.05, 4.69) is 12.0 Å². The predicted molar refractivity (Wildman–Crippen MR) is 112 cm³/mol. The largest absolute Gasteiger partial charge is 0.339 e. The molecule has 3 rings (SSSR count). The van der Waals surface area contributed by atoms with Gasteiger partial charge in [-0.1, -0.05) is 23.2 Å². The number of amides is 1. The number of hydrogen-bond donors (Lipinski definition) is 1. The van der Waals surface area contributed by atoms with Crippen LogP contribution in [-0.4, -0.2) is 39.7 Å². The van der Waals surface area contributed by atoms with E-state index >= 15 is 0 Å². The van der Waals surface area contributed by atoms with Gasteiger partial charge in [-0.25, -0.2) is 4.68 Å². The summed E-state index contributed by atoms with van der Waals surface area (Å²) in [7, 11) is 0. The molecule has 0 aliphatic carbocycles. The lowest BCUT2D eigenvalue weighted by Gasteiger charge is -2.21. The molecule has 0 spiro atoms. The molecule has 2 aromatic rings. The number of halogens is 3. The smallest absolute Gasteiger partial charge is 0.227 e. The van der Waals surface area contributed by atoms with E-state index in [4.69, 9.17) is 28.9 Å². The predicted octanol–water partition coefficient (Wildman–Crippen LogP) is 3.96. The Morgan fingerprint density at radius 2 is 2.04 bits per heavy atom. The van der Waals surface area contributed by atoms with E-state index in [0.717, 1.165) is 35.6 Å². The fraction of sp³-hybridized carbons (Fsp3) is 0.474. The first kappa shape index (κ1) is 22.0. The van der Waals surface area contributed by atoms with Crippen LogP contribution in [0.1, 0.15) is 30.3 Å². The van der Waals surface area contributed by atoms with Crippen molar-refractivity contribution in [3.8, 4) is 5.69 Å². The van der Waals surface area contributed by atoms with Crippen molar-refractivity contribution in [3.05, 3.63) is 45.2 Å². The van der Waals surface area contributed by atoms with Crippen molar-refractivity contribution >= 4 is 41.5 Å². The van der Waals surface area contributed by atoms with Gasteiger partial charge in [0.25, 0.3) is 0 Å². The Labute approximate surface area is 176 Å². The SMILES string of the molecule is Cc1nn(-c2ccc(Cl)cc2Cl)c(C)c1CC(=O)N1CC(CN)CC1C.Cl. The molecule has 27 heavy (non-hydrogen) atoms. The fourth-order valence-corrected chi connectivity index (χ4v) is 4.22. The highest BCUT2D eigenvalue weighted by molar-refractivity contribution is 6.35. The first-order valence-corrected chi connectivity index (χ1v) is 9.57. The van der Waals surface area contributed by atoms with E-state index in [-0.39, 0.29) is 24.4 Å². The Morgan fingerprint density at radius 3 is 2.63 bits per heavy atom. The fourth-order valence-electron chi connectivity index (χ4n) is 3.73. The van der Waals surface area contributed by atoms with Crippen molar-refractivity contribution in [2.45, 2.75) is 39.7 Å². The third kappa shape index (κ3) is 4.43. The van der Waals surface area contributed by atoms with Crippen molar-refractivity contribution in [2.24, 2.45) is 11.7 Å². The van der Waals surface area contributed by atoms with Gasteiger partial charge >= 0.3 is 0 Å². The number of rotatable bonds is 4. The van der Waals surface area contributed by atoms with Crippen LogP contribution in [0.15, 0.2) is 18.2 Å². The molecule has 0 saturated carbocycles. The van der Waals surface area contributed by atoms with Gasteiger partial charge in [0.2, 0.25) is 5.91 Å². The second-order valence-electron chi connectivity index (χ2n) is 7.07. The van der Waals surface area contributed by atoms with Crippen LogP contribution in [0.3, 0.4) is 0 Å². The lowest BCUT2D eigenvalue weighted by atomic mass is 10.1. The van der Waals surface area contributed by atoms with Crippen molar-refractivity contribution in [1.82, 2.24) is 14.7 Å². The van der Waals surface area contributed by atoms with E-state index < -0.39 is 0 Å². The molecule has 2 heterocycles. The summed E-state index contributed by atoms with van der Waals surface area (Å²) < 4.78 is 1.78. The van der Waals surface area contributed by atoms with Gasteiger partial charge in [-0.2, -0.15) is 5.10 Å². The van der Waals surface area contributed by atoms with Gasteiger partial charge in [0, 0.05) is 28.9 Å². The maximum atomic E-state index is 12.9. The molecule has 1 amide bonds. The number of likely N-dealkylation sites (tertiary alicyclic amines) is 1. The summed E-state index contributed by atoms with van der Waals surface area (Å²) in [6.45, 7) is 7.34. The minimum absolute atomic E-state index is 0. The third-order valence-electron chi connectivity index (χ3n) is 5.22. The second kappa shape index (κ2) is 8.82. The third-order valence-corrected chi connectivity index (χ3v) is 5.76. The molecule has 1 aromatic carbocycles. The minimum atomic E-state index is 0. The van der Waals surface area contributed by atoms with Crippen molar-refractivity contribution in [3.63, 3.8) is 0 Å². The second-order valence-corrected chi connectivity index (χ2v) is 7.91. The molecule has 148 valence electrons. The zero-order valence-corrected chi connectivity index (χ0v) is 18.0. The van der Waals surface area contributed by atoms with Gasteiger partial charge in [-0.05, 0) is 57.9 Å². The summed E-state index contributed by atoms with van der Waals surface area (Å²) in [6.07, 6.45) is 1.31. The van der Waals surface area contributed by atoms with Gasteiger partial charge in [0.1, 0.15) is 0 Å². The Hall–Kier alpha value is -1.27. The lowest BCUT2D eigenvalue weighted by molar-refractivity contribution is -0.131. The average Bonchev–Trinajstić information content (AvgIpc) is 3.09. The Morgan fingerprint density at radius 1 is 1.33 bits per heavy atom. The molecule has 1 aliphatic heterocycles. The standard InChI is InChI=1S/C19H24Cl2N4O.ClH/c1-11-6-14(9-22)10-24(11)19(26)8-16-12(2)23-25(13(16)3)18-5-4-15(20)7-17(18)21;/h4-5,7,11,14H,6,8-10,22H2,1-3H3;1H. The van der Waals surface area contributed by atoms with Crippen LogP contribution in [0.4, 0.5) is 0 Å². The molecule has 2 atom stereocenters. The van der Waals surface area contributed by atoms with Gasteiger partial charge in [0.15, 0.2) is 0 Å². The number of aryl methyl sites for hydroxylation is 1. The molecular formula is C19H25Cl3N4O. The lowest BCUT2D eigenvalue weighted by Crippen LogP contribution is -2.35. The molecule has 1 saturated heterocycles. The maximum absolute atomic E-state index is 12.9. The number of carbonyl (C=O) groups is 1. The summed E-state index contributed by atoms with van der Waals surface area (Å²) >= 11 is 12.3. The number of hydrogen-bond acceptors (Lipinski definition) is 3. The molecule has 2 N–H and O–H groups in total. The van der Waals surface area contributed by atoms with E-state index in [0.29, 0.717) is 28.9 Å². The first-order chi connectivity index (χ1) is 12.3. The first-order valence-electron chi connectivity index (χ1n) is 8.81. The summed E-state index contributed by atoms with van der Waals surface area (Å²) in [5.41, 5.74) is 9.24. The number of benzene rings is 1. The molecule has 1 fully saturated rings. The van der Waals surface area contributed by atoms with Crippen LogP contribution in [0.2, 0.25) is 10.0 Å². The van der Waals surface area contributed by atoms with E-state index in [1.165, 1.54) is 0 Å². The van der Waals surface area contributed by atoms with Crippen molar-refractivity contribution in [2.75, 3.05) is 13.1 Å². The zero-order valence-electron chi connectivity index (χ0n) is 15.7. The van der Waals surface area contributed by atoms with Crippen LogP contribution >= 0.6 is 35.6 Å². The number of carbonyl (C=O) groups excluding carboxylic acids is 1. The maximum Gasteiger partial charge on any atom is 0.227 e. The monoisotopic (exact) mass is 430 g/mol. The zero-order chi connectivity index (χ0) is 19.0. The van der Waals surface area contributed by atoms with E-state index in [9.17, 15) is 4.79 Å². The summed E-state index contributed by atoms with van der Waals surface area (Å²) in [4.78, 5) is 14.8. The molecular weight excluding hydrogens is 407 g/mol. The molecule has 0 bridgehead atoms. The summed E-state index contributed by atoms with van der Waals surface area (Å²) in [6, 6.07) is 5.54. The van der Waals surface area contributed by atoms with Crippen LogP contribution in [-0.2, 0) is 11.2 Å². The quantitative estimate of drug-likeness (QED) is 0.797. The van der Waals surface area contributed by atoms with Gasteiger partial charge in [0.05, 0.1) is 22.8 Å². The number of nitrogens with zero attached hydrogens (tertiary/aromatic N) is 3. The number of aromatic nitrogens is 2. The van der Waals surface area contributed by atoms with Gasteiger partial charge < -0.3 is 10.6 Å². The van der Waals surface area contributed by atoms with Gasteiger partial charge in [-0.15, -0.1) is 12.4 Å². The van der Waals surface area contributed by atoms with Crippen LogP contribution in [0.5, 0.6) is 0 Å². The molecule has 1 aliphatic rings. The molecule has 2 unspecified atom stereocenters. The van der Waals surface area contributed by atoms with E-state index in [1.54, 1.807) is 16.8 Å². The molecule has 1 aromatic heterocycles. The highest BCUT2D eigenvalue weighted by Crippen LogP contribution is 2.28. The van der Waals surface area contributed by atoms with E-state index in [1.807, 2.05) is 24.8 Å². The van der Waals surface area contributed by atoms with Crippen molar-refractivity contribution in [1.29, 1.82) is 0 Å². The number of nitrogens with two attached hydrogens (primary N) is 1. The minimum Gasteiger partial charge on any atom is -0.339 e. The van der Waals surface area contributed by atoms with Crippen LogP contribution in [0.25, 0.3) is 5.69 Å². The molecule has 5 nitrogen and oxygen atoms in total. The van der Waals surface area contributed by atoms with Crippen LogP contribution in [0, 0.1) is 19.8 Å². The topological polar surface area (TPSA) is 64.2 Å². The Kier molecular flexibility index (Phi) is 7.20. The molecule has 0 radical (unpaired) electrons.